The monoisotopic (exact) mass is 294 g/mol. The van der Waals surface area contributed by atoms with E-state index < -0.39 is 28.2 Å². The summed E-state index contributed by atoms with van der Waals surface area (Å²) in [5.41, 5.74) is 0.253. The first kappa shape index (κ1) is 14.5. The summed E-state index contributed by atoms with van der Waals surface area (Å²) in [5, 5.41) is 0. The first-order valence-electron chi connectivity index (χ1n) is 5.96. The van der Waals surface area contributed by atoms with E-state index in [0.29, 0.717) is 0 Å². The Labute approximate surface area is 117 Å². The van der Waals surface area contributed by atoms with Crippen molar-refractivity contribution in [3.8, 4) is 0 Å². The van der Waals surface area contributed by atoms with E-state index in [4.69, 9.17) is 0 Å². The Kier molecular flexibility index (Phi) is 4.74. The lowest BCUT2D eigenvalue weighted by Gasteiger charge is -2.04. The Hall–Kier alpha value is -1.88. The number of halogens is 2. The van der Waals surface area contributed by atoms with Crippen LogP contribution >= 0.6 is 0 Å². The number of carbonyl (C=O) groups is 1. The molecule has 2 rings (SSSR count). The number of rotatable bonds is 5. The van der Waals surface area contributed by atoms with Crippen molar-refractivity contribution in [2.45, 2.75) is 11.3 Å². The van der Waals surface area contributed by atoms with E-state index in [9.17, 15) is 17.8 Å². The maximum atomic E-state index is 13.4. The number of ketones is 1. The normalized spacial score (nSPS) is 12.1. The highest BCUT2D eigenvalue weighted by Gasteiger charge is 2.15. The van der Waals surface area contributed by atoms with Crippen LogP contribution in [-0.2, 0) is 22.0 Å². The van der Waals surface area contributed by atoms with Gasteiger partial charge in [-0.2, -0.15) is 0 Å². The highest BCUT2D eigenvalue weighted by atomic mass is 32.2. The molecule has 0 fully saturated rings. The van der Waals surface area contributed by atoms with Crippen molar-refractivity contribution in [3.63, 3.8) is 0 Å². The standard InChI is InChI=1S/C15H12F2O2S/c16-13-6-2-1-5-11(13)9-12(18)10-20(19)15-8-4-3-7-14(15)17/h1-8H,9-10H2. The van der Waals surface area contributed by atoms with Crippen molar-refractivity contribution >= 4 is 16.6 Å². The number of hydrogen-bond donors (Lipinski definition) is 0. The zero-order chi connectivity index (χ0) is 14.5. The number of benzene rings is 2. The molecule has 2 nitrogen and oxygen atoms in total. The lowest BCUT2D eigenvalue weighted by molar-refractivity contribution is -0.116. The van der Waals surface area contributed by atoms with E-state index in [0.717, 1.165) is 0 Å². The summed E-state index contributed by atoms with van der Waals surface area (Å²) in [6.07, 6.45) is -0.146. The minimum atomic E-state index is -1.75. The van der Waals surface area contributed by atoms with Crippen LogP contribution in [-0.4, -0.2) is 15.7 Å². The molecule has 1 unspecified atom stereocenters. The van der Waals surface area contributed by atoms with Gasteiger partial charge in [0.05, 0.1) is 21.4 Å². The summed E-state index contributed by atoms with van der Waals surface area (Å²) in [5.74, 6) is -1.80. The van der Waals surface area contributed by atoms with E-state index in [1.807, 2.05) is 0 Å². The van der Waals surface area contributed by atoms with Crippen LogP contribution in [0.2, 0.25) is 0 Å². The molecule has 20 heavy (non-hydrogen) atoms. The van der Waals surface area contributed by atoms with Gasteiger partial charge in [0.25, 0.3) is 0 Å². The maximum Gasteiger partial charge on any atom is 0.150 e. The van der Waals surface area contributed by atoms with Gasteiger partial charge in [0.2, 0.25) is 0 Å². The summed E-state index contributed by atoms with van der Waals surface area (Å²) in [7, 11) is -1.75. The molecule has 2 aromatic carbocycles. The lowest BCUT2D eigenvalue weighted by Crippen LogP contribution is -2.14. The van der Waals surface area contributed by atoms with E-state index in [1.54, 1.807) is 12.1 Å². The van der Waals surface area contributed by atoms with E-state index in [2.05, 4.69) is 0 Å². The van der Waals surface area contributed by atoms with Gasteiger partial charge >= 0.3 is 0 Å². The van der Waals surface area contributed by atoms with Gasteiger partial charge < -0.3 is 0 Å². The number of Topliss-reactive ketones (excluding diaryl/α,β-unsaturated/α-hetero) is 1. The molecule has 5 heteroatoms. The third-order valence-electron chi connectivity index (χ3n) is 2.72. The molecule has 0 N–H and O–H groups in total. The summed E-state index contributed by atoms with van der Waals surface area (Å²) >= 11 is 0. The predicted octanol–water partition coefficient (Wildman–Crippen LogP) is 2.88. The first-order valence-corrected chi connectivity index (χ1v) is 7.28. The number of carbonyl (C=O) groups excluding carboxylic acids is 1. The molecule has 0 saturated heterocycles. The molecule has 0 aliphatic heterocycles. The number of hydrogen-bond acceptors (Lipinski definition) is 2. The molecule has 104 valence electrons. The molecule has 0 aromatic heterocycles. The maximum absolute atomic E-state index is 13.4. The van der Waals surface area contributed by atoms with Crippen LogP contribution in [0.4, 0.5) is 8.78 Å². The summed E-state index contributed by atoms with van der Waals surface area (Å²) < 4.78 is 38.7. The topological polar surface area (TPSA) is 34.1 Å². The minimum absolute atomic E-state index is 0.00520. The summed E-state index contributed by atoms with van der Waals surface area (Å²) in [4.78, 5) is 11.8. The van der Waals surface area contributed by atoms with Gasteiger partial charge in [-0.1, -0.05) is 30.3 Å². The fourth-order valence-electron chi connectivity index (χ4n) is 1.76. The molecular weight excluding hydrogens is 282 g/mol. The zero-order valence-electron chi connectivity index (χ0n) is 10.5. The fourth-order valence-corrected chi connectivity index (χ4v) is 2.82. The van der Waals surface area contributed by atoms with Gasteiger partial charge in [-0.25, -0.2) is 8.78 Å². The molecule has 0 radical (unpaired) electrons. The summed E-state index contributed by atoms with van der Waals surface area (Å²) in [6, 6.07) is 11.5. The molecule has 2 aromatic rings. The SMILES string of the molecule is O=C(Cc1ccccc1F)CS(=O)c1ccccc1F. The van der Waals surface area contributed by atoms with Gasteiger partial charge in [-0.05, 0) is 23.8 Å². The Morgan fingerprint density at radius 3 is 2.20 bits per heavy atom. The van der Waals surface area contributed by atoms with Crippen molar-refractivity contribution in [3.05, 3.63) is 65.7 Å². The minimum Gasteiger partial charge on any atom is -0.298 e. The second-order valence-corrected chi connectivity index (χ2v) is 5.65. The van der Waals surface area contributed by atoms with Crippen LogP contribution in [0.5, 0.6) is 0 Å². The third kappa shape index (κ3) is 3.57. The smallest absolute Gasteiger partial charge is 0.150 e. The van der Waals surface area contributed by atoms with Crippen LogP contribution in [0.1, 0.15) is 5.56 Å². The van der Waals surface area contributed by atoms with Crippen LogP contribution in [0.25, 0.3) is 0 Å². The predicted molar refractivity (Wildman–Crippen MR) is 72.8 cm³/mol. The Balaban J connectivity index is 2.04. The highest BCUT2D eigenvalue weighted by Crippen LogP contribution is 2.13. The van der Waals surface area contributed by atoms with E-state index in [-0.39, 0.29) is 22.6 Å². The van der Waals surface area contributed by atoms with Crippen LogP contribution < -0.4 is 0 Å². The van der Waals surface area contributed by atoms with Crippen molar-refractivity contribution < 1.29 is 17.8 Å². The molecule has 0 amide bonds. The van der Waals surface area contributed by atoms with Crippen molar-refractivity contribution in [1.29, 1.82) is 0 Å². The largest absolute Gasteiger partial charge is 0.298 e. The zero-order valence-corrected chi connectivity index (χ0v) is 11.3. The van der Waals surface area contributed by atoms with Gasteiger partial charge in [0.15, 0.2) is 0 Å². The van der Waals surface area contributed by atoms with E-state index >= 15 is 0 Å². The summed E-state index contributed by atoms with van der Waals surface area (Å²) in [6.45, 7) is 0. The van der Waals surface area contributed by atoms with Crippen molar-refractivity contribution in [2.75, 3.05) is 5.75 Å². The van der Waals surface area contributed by atoms with Crippen molar-refractivity contribution in [1.82, 2.24) is 0 Å². The molecule has 0 aliphatic carbocycles. The van der Waals surface area contributed by atoms with Gasteiger partial charge in [0, 0.05) is 6.42 Å². The lowest BCUT2D eigenvalue weighted by atomic mass is 10.1. The fraction of sp³-hybridized carbons (Fsp3) is 0.133. The highest BCUT2D eigenvalue weighted by molar-refractivity contribution is 7.85. The van der Waals surface area contributed by atoms with Gasteiger partial charge in [-0.15, -0.1) is 0 Å². The molecular formula is C15H12F2O2S. The Bertz CT molecular complexity index is 656. The van der Waals surface area contributed by atoms with Crippen molar-refractivity contribution in [2.24, 2.45) is 0 Å². The molecule has 0 heterocycles. The van der Waals surface area contributed by atoms with Gasteiger partial charge in [0.1, 0.15) is 17.4 Å². The molecule has 0 spiro atoms. The van der Waals surface area contributed by atoms with Crippen LogP contribution in [0.3, 0.4) is 0 Å². The Morgan fingerprint density at radius 2 is 1.55 bits per heavy atom. The first-order chi connectivity index (χ1) is 9.58. The average Bonchev–Trinajstić information content (AvgIpc) is 2.41. The Morgan fingerprint density at radius 1 is 0.950 bits per heavy atom. The van der Waals surface area contributed by atoms with Gasteiger partial charge in [-0.3, -0.25) is 9.00 Å². The second kappa shape index (κ2) is 6.52. The van der Waals surface area contributed by atoms with E-state index in [1.165, 1.54) is 36.4 Å². The van der Waals surface area contributed by atoms with Crippen LogP contribution in [0, 0.1) is 11.6 Å². The third-order valence-corrected chi connectivity index (χ3v) is 4.13. The van der Waals surface area contributed by atoms with Crippen LogP contribution in [0.15, 0.2) is 53.4 Å². The average molecular weight is 294 g/mol. The molecule has 1 atom stereocenters. The second-order valence-electron chi connectivity index (χ2n) is 4.23. The molecule has 0 saturated carbocycles. The molecule has 0 aliphatic rings. The quantitative estimate of drug-likeness (QED) is 0.849. The molecule has 0 bridgehead atoms.